The average molecular weight is 100 g/mol. The van der Waals surface area contributed by atoms with Gasteiger partial charge < -0.3 is 9.07 Å². The molecule has 0 spiro atoms. The Kier molecular flexibility index (Phi) is 0.934. The second kappa shape index (κ2) is 1.59. The Morgan fingerprint density at radius 3 is 2.86 bits per heavy atom. The van der Waals surface area contributed by atoms with Gasteiger partial charge in [0.2, 0.25) is 0 Å². The molecule has 38 valence electrons. The van der Waals surface area contributed by atoms with E-state index >= 15 is 0 Å². The molecule has 0 N–H and O–H groups in total. The molecule has 0 radical (unpaired) electrons. The van der Waals surface area contributed by atoms with Gasteiger partial charge in [-0.15, -0.1) is 0 Å². The lowest BCUT2D eigenvalue weighted by molar-refractivity contribution is 0.511. The number of halogens is 1. The summed E-state index contributed by atoms with van der Waals surface area (Å²) in [5, 5.41) is 6.61. The average Bonchev–Trinajstić information content (AvgIpc) is 2.14. The van der Waals surface area contributed by atoms with E-state index in [4.69, 9.17) is 0 Å². The van der Waals surface area contributed by atoms with Gasteiger partial charge >= 0.3 is 0 Å². The van der Waals surface area contributed by atoms with Gasteiger partial charge in [-0.25, -0.2) is 0 Å². The first-order valence-corrected chi connectivity index (χ1v) is 1.73. The second-order valence-corrected chi connectivity index (χ2v) is 0.981. The maximum atomic E-state index is 11.3. The van der Waals surface area contributed by atoms with Gasteiger partial charge in [0.25, 0.3) is 0 Å². The third kappa shape index (κ3) is 0.677. The third-order valence-corrected chi connectivity index (χ3v) is 0.541. The zero-order valence-corrected chi connectivity index (χ0v) is 3.45. The molecule has 7 heavy (non-hydrogen) atoms. The van der Waals surface area contributed by atoms with E-state index < -0.39 is 0 Å². The Labute approximate surface area is 39.8 Å². The van der Waals surface area contributed by atoms with Gasteiger partial charge in [-0.2, -0.15) is 5.10 Å². The van der Waals surface area contributed by atoms with E-state index in [9.17, 15) is 4.39 Å². The number of aromatic nitrogens is 3. The van der Waals surface area contributed by atoms with Crippen LogP contribution in [0.3, 0.4) is 0 Å². The zero-order chi connectivity index (χ0) is 5.11. The summed E-state index contributed by atoms with van der Waals surface area (Å²) >= 11 is 0. The summed E-state index contributed by atoms with van der Waals surface area (Å²) < 4.78 is 12.3. The van der Waals surface area contributed by atoms with Crippen molar-refractivity contribution in [3.05, 3.63) is 19.2 Å². The molecule has 3 nitrogen and oxygen atoms in total. The zero-order valence-electron chi connectivity index (χ0n) is 3.45. The van der Waals surface area contributed by atoms with Crippen LogP contribution in [0.2, 0.25) is 0 Å². The van der Waals surface area contributed by atoms with E-state index in [0.717, 1.165) is 4.68 Å². The van der Waals surface area contributed by atoms with Crippen molar-refractivity contribution >= 4 is 0 Å². The molecular formula is C3H3FN3-. The normalized spacial score (nSPS) is 8.71. The molecule has 1 aromatic rings. The highest BCUT2D eigenvalue weighted by atomic mass is 19.1. The Balaban J connectivity index is 2.76. The van der Waals surface area contributed by atoms with Crippen LogP contribution >= 0.6 is 0 Å². The maximum Gasteiger partial charge on any atom is 0.0225 e. The van der Waals surface area contributed by atoms with Crippen molar-refractivity contribution in [1.82, 2.24) is 15.0 Å². The largest absolute Gasteiger partial charge is 0.357 e. The van der Waals surface area contributed by atoms with Gasteiger partial charge in [-0.05, 0) is 6.20 Å². The topological polar surface area (TPSA) is 30.7 Å². The molecule has 0 aromatic carbocycles. The van der Waals surface area contributed by atoms with E-state index in [2.05, 4.69) is 10.3 Å². The Morgan fingerprint density at radius 1 is 1.71 bits per heavy atom. The molecule has 0 aliphatic rings. The fraction of sp³-hybridized carbons (Fsp3) is 0. The molecule has 0 aliphatic carbocycles. The number of rotatable bonds is 1. The van der Waals surface area contributed by atoms with Crippen molar-refractivity contribution in [1.29, 1.82) is 0 Å². The SMILES string of the molecule is F[CH-]n1ccnn1. The maximum absolute atomic E-state index is 11.3. The van der Waals surface area contributed by atoms with Crippen LogP contribution < -0.4 is 0 Å². The van der Waals surface area contributed by atoms with Crippen molar-refractivity contribution < 1.29 is 4.39 Å². The van der Waals surface area contributed by atoms with Gasteiger partial charge in [0, 0.05) is 6.80 Å². The summed E-state index contributed by atoms with van der Waals surface area (Å²) in [5.74, 6) is 0. The highest BCUT2D eigenvalue weighted by Gasteiger charge is 1.70. The van der Waals surface area contributed by atoms with Crippen molar-refractivity contribution in [2.45, 2.75) is 0 Å². The Hall–Kier alpha value is -1.06. The Bertz CT molecular complexity index is 125. The van der Waals surface area contributed by atoms with Crippen molar-refractivity contribution in [2.75, 3.05) is 0 Å². The monoisotopic (exact) mass is 100 g/mol. The second-order valence-electron chi connectivity index (χ2n) is 0.981. The van der Waals surface area contributed by atoms with Gasteiger partial charge in [-0.1, -0.05) is 11.4 Å². The van der Waals surface area contributed by atoms with Crippen LogP contribution in [0.25, 0.3) is 0 Å². The smallest absolute Gasteiger partial charge is 0.0225 e. The lowest BCUT2D eigenvalue weighted by Crippen LogP contribution is -1.89. The molecule has 0 amide bonds. The van der Waals surface area contributed by atoms with Crippen LogP contribution in [0.5, 0.6) is 0 Å². The van der Waals surface area contributed by atoms with E-state index in [1.54, 1.807) is 0 Å². The highest BCUT2D eigenvalue weighted by molar-refractivity contribution is 4.66. The molecule has 0 unspecified atom stereocenters. The van der Waals surface area contributed by atoms with Crippen LogP contribution in [0, 0.1) is 6.80 Å². The number of nitrogens with zero attached hydrogens (tertiary/aromatic N) is 3. The predicted octanol–water partition coefficient (Wildman–Crippen LogP) is 0.215. The summed E-state index contributed by atoms with van der Waals surface area (Å²) in [6.07, 6.45) is 2.80. The first kappa shape index (κ1) is 4.11. The fourth-order valence-corrected chi connectivity index (χ4v) is 0.269. The fourth-order valence-electron chi connectivity index (χ4n) is 0.269. The van der Waals surface area contributed by atoms with Gasteiger partial charge in [0.1, 0.15) is 0 Å². The molecule has 0 aliphatic heterocycles. The first-order chi connectivity index (χ1) is 3.43. The van der Waals surface area contributed by atoms with Gasteiger partial charge in [0.15, 0.2) is 0 Å². The van der Waals surface area contributed by atoms with E-state index in [1.807, 2.05) is 0 Å². The third-order valence-electron chi connectivity index (χ3n) is 0.541. The van der Waals surface area contributed by atoms with Gasteiger partial charge in [-0.3, -0.25) is 0 Å². The highest BCUT2D eigenvalue weighted by Crippen LogP contribution is 1.80. The lowest BCUT2D eigenvalue weighted by atomic mass is 10.9. The molecule has 4 heteroatoms. The van der Waals surface area contributed by atoms with Gasteiger partial charge in [0.05, 0.1) is 0 Å². The van der Waals surface area contributed by atoms with Crippen LogP contribution in [0.1, 0.15) is 0 Å². The molecule has 0 atom stereocenters. The minimum Gasteiger partial charge on any atom is -0.357 e. The quantitative estimate of drug-likeness (QED) is 0.472. The Morgan fingerprint density at radius 2 is 2.57 bits per heavy atom. The molecule has 0 fully saturated rings. The predicted molar refractivity (Wildman–Crippen MR) is 20.8 cm³/mol. The van der Waals surface area contributed by atoms with Crippen LogP contribution in [-0.2, 0) is 0 Å². The van der Waals surface area contributed by atoms with Crippen molar-refractivity contribution in [3.8, 4) is 0 Å². The molecular weight excluding hydrogens is 97.1 g/mol. The summed E-state index contributed by atoms with van der Waals surface area (Å²) in [7, 11) is 0. The number of hydrogen-bond donors (Lipinski definition) is 0. The van der Waals surface area contributed by atoms with Crippen molar-refractivity contribution in [2.24, 2.45) is 0 Å². The van der Waals surface area contributed by atoms with E-state index in [1.165, 1.54) is 12.4 Å². The lowest BCUT2D eigenvalue weighted by Gasteiger charge is -1.94. The minimum atomic E-state index is 0.326. The first-order valence-electron chi connectivity index (χ1n) is 1.73. The summed E-state index contributed by atoms with van der Waals surface area (Å²) in [5.41, 5.74) is 0. The molecule has 0 saturated heterocycles. The molecule has 0 bridgehead atoms. The summed E-state index contributed by atoms with van der Waals surface area (Å²) in [4.78, 5) is 0. The minimum absolute atomic E-state index is 0.326. The summed E-state index contributed by atoms with van der Waals surface area (Å²) in [6, 6.07) is 0. The molecule has 1 heterocycles. The van der Waals surface area contributed by atoms with E-state index in [0.29, 0.717) is 6.80 Å². The molecule has 1 rings (SSSR count). The number of hydrogen-bond acceptors (Lipinski definition) is 2. The van der Waals surface area contributed by atoms with Crippen LogP contribution in [-0.4, -0.2) is 15.0 Å². The van der Waals surface area contributed by atoms with Crippen LogP contribution in [0.4, 0.5) is 4.39 Å². The van der Waals surface area contributed by atoms with Crippen LogP contribution in [0.15, 0.2) is 12.4 Å². The van der Waals surface area contributed by atoms with E-state index in [-0.39, 0.29) is 0 Å². The summed E-state index contributed by atoms with van der Waals surface area (Å²) in [6.45, 7) is 0.326. The van der Waals surface area contributed by atoms with Crippen molar-refractivity contribution in [3.63, 3.8) is 0 Å². The standard InChI is InChI=1S/C3H3FN3/c4-3-7-2-1-5-6-7/h1-3H/q-1. The molecule has 1 aromatic heterocycles. The molecule has 0 saturated carbocycles.